The van der Waals surface area contributed by atoms with Gasteiger partial charge in [0.1, 0.15) is 5.82 Å². The van der Waals surface area contributed by atoms with Crippen molar-refractivity contribution < 1.29 is 4.39 Å². The SMILES string of the molecule is CC1CCC(NC(C)c2ccc(F)c(Cl)c2)C1. The van der Waals surface area contributed by atoms with Crippen LogP contribution in [0.4, 0.5) is 4.39 Å². The summed E-state index contributed by atoms with van der Waals surface area (Å²) >= 11 is 5.79. The third kappa shape index (κ3) is 3.20. The van der Waals surface area contributed by atoms with Gasteiger partial charge in [-0.2, -0.15) is 0 Å². The summed E-state index contributed by atoms with van der Waals surface area (Å²) in [6.45, 7) is 4.40. The van der Waals surface area contributed by atoms with E-state index in [1.165, 1.54) is 25.3 Å². The normalized spacial score (nSPS) is 26.1. The fourth-order valence-electron chi connectivity index (χ4n) is 2.59. The van der Waals surface area contributed by atoms with Gasteiger partial charge >= 0.3 is 0 Å². The quantitative estimate of drug-likeness (QED) is 0.848. The highest BCUT2D eigenvalue weighted by Gasteiger charge is 2.22. The Labute approximate surface area is 107 Å². The molecule has 0 aliphatic heterocycles. The van der Waals surface area contributed by atoms with E-state index in [1.807, 2.05) is 0 Å². The molecular formula is C14H19ClFN. The molecule has 3 heteroatoms. The van der Waals surface area contributed by atoms with Crippen molar-refractivity contribution in [3.63, 3.8) is 0 Å². The highest BCUT2D eigenvalue weighted by atomic mass is 35.5. The predicted molar refractivity (Wildman–Crippen MR) is 69.8 cm³/mol. The van der Waals surface area contributed by atoms with Crippen LogP contribution in [0, 0.1) is 11.7 Å². The second-order valence-electron chi connectivity index (χ2n) is 5.18. The molecule has 3 unspecified atom stereocenters. The van der Waals surface area contributed by atoms with E-state index in [4.69, 9.17) is 11.6 Å². The molecule has 17 heavy (non-hydrogen) atoms. The minimum Gasteiger partial charge on any atom is -0.307 e. The molecule has 0 heterocycles. The number of nitrogens with one attached hydrogen (secondary N) is 1. The van der Waals surface area contributed by atoms with Gasteiger partial charge in [-0.25, -0.2) is 4.39 Å². The van der Waals surface area contributed by atoms with E-state index in [-0.39, 0.29) is 16.9 Å². The zero-order valence-electron chi connectivity index (χ0n) is 10.3. The van der Waals surface area contributed by atoms with Gasteiger partial charge in [-0.1, -0.05) is 24.6 Å². The number of hydrogen-bond acceptors (Lipinski definition) is 1. The highest BCUT2D eigenvalue weighted by Crippen LogP contribution is 2.27. The molecule has 2 rings (SSSR count). The molecule has 0 amide bonds. The van der Waals surface area contributed by atoms with Gasteiger partial charge < -0.3 is 5.32 Å². The van der Waals surface area contributed by atoms with Gasteiger partial charge in [-0.15, -0.1) is 0 Å². The zero-order valence-corrected chi connectivity index (χ0v) is 11.1. The molecule has 0 aromatic heterocycles. The number of hydrogen-bond donors (Lipinski definition) is 1. The summed E-state index contributed by atoms with van der Waals surface area (Å²) in [5.41, 5.74) is 1.05. The third-order valence-corrected chi connectivity index (χ3v) is 3.91. The first-order valence-electron chi connectivity index (χ1n) is 6.27. The van der Waals surface area contributed by atoms with Crippen LogP contribution in [0.1, 0.15) is 44.7 Å². The molecule has 1 aromatic rings. The third-order valence-electron chi connectivity index (χ3n) is 3.62. The maximum atomic E-state index is 13.1. The monoisotopic (exact) mass is 255 g/mol. The zero-order chi connectivity index (χ0) is 12.4. The van der Waals surface area contributed by atoms with Gasteiger partial charge in [0.15, 0.2) is 0 Å². The maximum Gasteiger partial charge on any atom is 0.141 e. The molecule has 1 aliphatic rings. The highest BCUT2D eigenvalue weighted by molar-refractivity contribution is 6.30. The summed E-state index contributed by atoms with van der Waals surface area (Å²) in [5.74, 6) is 0.466. The van der Waals surface area contributed by atoms with E-state index in [0.29, 0.717) is 6.04 Å². The van der Waals surface area contributed by atoms with Crippen LogP contribution in [0.25, 0.3) is 0 Å². The molecule has 1 fully saturated rings. The van der Waals surface area contributed by atoms with E-state index in [9.17, 15) is 4.39 Å². The summed E-state index contributed by atoms with van der Waals surface area (Å²) in [6, 6.07) is 5.77. The number of benzene rings is 1. The predicted octanol–water partition coefficient (Wildman–Crippen LogP) is 4.32. The Kier molecular flexibility index (Phi) is 4.05. The smallest absolute Gasteiger partial charge is 0.141 e. The van der Waals surface area contributed by atoms with Crippen LogP contribution >= 0.6 is 11.6 Å². The van der Waals surface area contributed by atoms with Gasteiger partial charge in [0, 0.05) is 12.1 Å². The van der Waals surface area contributed by atoms with Crippen molar-refractivity contribution in [3.05, 3.63) is 34.6 Å². The molecule has 1 saturated carbocycles. The van der Waals surface area contributed by atoms with Crippen molar-refractivity contribution in [3.8, 4) is 0 Å². The summed E-state index contributed by atoms with van der Waals surface area (Å²) < 4.78 is 13.1. The fourth-order valence-corrected chi connectivity index (χ4v) is 2.78. The molecular weight excluding hydrogens is 237 g/mol. The van der Waals surface area contributed by atoms with Crippen LogP contribution in [-0.2, 0) is 0 Å². The van der Waals surface area contributed by atoms with Gasteiger partial charge in [0.05, 0.1) is 5.02 Å². The molecule has 1 aliphatic carbocycles. The van der Waals surface area contributed by atoms with Crippen molar-refractivity contribution in [2.24, 2.45) is 5.92 Å². The van der Waals surface area contributed by atoms with E-state index in [2.05, 4.69) is 19.2 Å². The molecule has 0 saturated heterocycles. The van der Waals surface area contributed by atoms with Gasteiger partial charge in [0.25, 0.3) is 0 Å². The Bertz CT molecular complexity index is 394. The minimum atomic E-state index is -0.350. The van der Waals surface area contributed by atoms with Crippen LogP contribution in [0.15, 0.2) is 18.2 Å². The average Bonchev–Trinajstić information content (AvgIpc) is 2.68. The van der Waals surface area contributed by atoms with Crippen LogP contribution in [0.3, 0.4) is 0 Å². The number of rotatable bonds is 3. The Balaban J connectivity index is 1.99. The largest absolute Gasteiger partial charge is 0.307 e. The van der Waals surface area contributed by atoms with Gasteiger partial charge in [-0.05, 0) is 49.8 Å². The standard InChI is InChI=1S/C14H19ClFN/c1-9-3-5-12(7-9)17-10(2)11-4-6-14(16)13(15)8-11/h4,6,8-10,12,17H,3,5,7H2,1-2H3. The van der Waals surface area contributed by atoms with Crippen LogP contribution in [-0.4, -0.2) is 6.04 Å². The minimum absolute atomic E-state index is 0.205. The lowest BCUT2D eigenvalue weighted by Gasteiger charge is -2.20. The van der Waals surface area contributed by atoms with Crippen molar-refractivity contribution in [1.29, 1.82) is 0 Å². The number of halogens is 2. The topological polar surface area (TPSA) is 12.0 Å². The lowest BCUT2D eigenvalue weighted by molar-refractivity contribution is 0.449. The van der Waals surface area contributed by atoms with E-state index < -0.39 is 0 Å². The van der Waals surface area contributed by atoms with Crippen molar-refractivity contribution in [2.45, 2.75) is 45.2 Å². The lowest BCUT2D eigenvalue weighted by Crippen LogP contribution is -2.29. The maximum absolute atomic E-state index is 13.1. The average molecular weight is 256 g/mol. The fraction of sp³-hybridized carbons (Fsp3) is 0.571. The van der Waals surface area contributed by atoms with Gasteiger partial charge in [-0.3, -0.25) is 0 Å². The van der Waals surface area contributed by atoms with Crippen molar-refractivity contribution in [2.75, 3.05) is 0 Å². The van der Waals surface area contributed by atoms with E-state index in [1.54, 1.807) is 12.1 Å². The van der Waals surface area contributed by atoms with E-state index >= 15 is 0 Å². The molecule has 1 N–H and O–H groups in total. The Morgan fingerprint density at radius 3 is 2.76 bits per heavy atom. The molecule has 0 bridgehead atoms. The molecule has 0 radical (unpaired) electrons. The summed E-state index contributed by atoms with van der Waals surface area (Å²) in [6.07, 6.45) is 3.77. The summed E-state index contributed by atoms with van der Waals surface area (Å²) in [5, 5.41) is 3.80. The second kappa shape index (κ2) is 5.36. The Morgan fingerprint density at radius 1 is 1.41 bits per heavy atom. The molecule has 1 nitrogen and oxygen atoms in total. The summed E-state index contributed by atoms with van der Waals surface area (Å²) in [4.78, 5) is 0. The Morgan fingerprint density at radius 2 is 2.18 bits per heavy atom. The molecule has 94 valence electrons. The van der Waals surface area contributed by atoms with E-state index in [0.717, 1.165) is 11.5 Å². The van der Waals surface area contributed by atoms with Crippen molar-refractivity contribution in [1.82, 2.24) is 5.32 Å². The summed E-state index contributed by atoms with van der Waals surface area (Å²) in [7, 11) is 0. The van der Waals surface area contributed by atoms with Crippen molar-refractivity contribution >= 4 is 11.6 Å². The lowest BCUT2D eigenvalue weighted by atomic mass is 10.1. The first kappa shape index (κ1) is 12.8. The van der Waals surface area contributed by atoms with Crippen LogP contribution in [0.2, 0.25) is 5.02 Å². The Hall–Kier alpha value is -0.600. The second-order valence-corrected chi connectivity index (χ2v) is 5.58. The van der Waals surface area contributed by atoms with Crippen LogP contribution in [0.5, 0.6) is 0 Å². The van der Waals surface area contributed by atoms with Gasteiger partial charge in [0.2, 0.25) is 0 Å². The molecule has 1 aromatic carbocycles. The first-order chi connectivity index (χ1) is 8.06. The molecule has 0 spiro atoms. The van der Waals surface area contributed by atoms with Crippen LogP contribution < -0.4 is 5.32 Å². The molecule has 3 atom stereocenters. The first-order valence-corrected chi connectivity index (χ1v) is 6.65.